The van der Waals surface area contributed by atoms with Crippen molar-refractivity contribution in [3.05, 3.63) is 41.6 Å². The van der Waals surface area contributed by atoms with E-state index in [-0.39, 0.29) is 37.1 Å². The molecule has 3 heterocycles. The summed E-state index contributed by atoms with van der Waals surface area (Å²) in [6, 6.07) is 3.90. The number of sulfonamides is 1. The van der Waals surface area contributed by atoms with E-state index >= 15 is 0 Å². The summed E-state index contributed by atoms with van der Waals surface area (Å²) in [5.41, 5.74) is 7.45. The maximum Gasteiger partial charge on any atom is 0.259 e. The average Bonchev–Trinajstić information content (AvgIpc) is 3.94. The Morgan fingerprint density at radius 2 is 1.92 bits per heavy atom. The fourth-order valence-corrected chi connectivity index (χ4v) is 8.35. The van der Waals surface area contributed by atoms with Gasteiger partial charge in [-0.15, -0.1) is 0 Å². The molecule has 0 spiro atoms. The number of ether oxygens (including phenoxy) is 2. The summed E-state index contributed by atoms with van der Waals surface area (Å²) >= 11 is 0. The van der Waals surface area contributed by atoms with Crippen molar-refractivity contribution < 1.29 is 32.3 Å². The number of carbonyl (C=O) groups excluding carboxylic acids is 3. The Balaban J connectivity index is 1.31. The van der Waals surface area contributed by atoms with Gasteiger partial charge in [0.05, 0.1) is 30.0 Å². The van der Waals surface area contributed by atoms with E-state index in [2.05, 4.69) is 10.0 Å². The summed E-state index contributed by atoms with van der Waals surface area (Å²) in [5.74, 6) is -0.601. The van der Waals surface area contributed by atoms with Crippen molar-refractivity contribution in [3.8, 4) is 11.5 Å². The fraction of sp³-hybridized carbons (Fsp3) is 0.611. The summed E-state index contributed by atoms with van der Waals surface area (Å²) < 4.78 is 39.6. The quantitative estimate of drug-likeness (QED) is 0.365. The van der Waals surface area contributed by atoms with Gasteiger partial charge in [-0.2, -0.15) is 0 Å². The predicted octanol–water partition coefficient (Wildman–Crippen LogP) is 3.74. The highest BCUT2D eigenvalue weighted by Crippen LogP contribution is 2.47. The Morgan fingerprint density at radius 3 is 2.61 bits per heavy atom. The molecule has 3 fully saturated rings. The number of hydrogen-bond donors (Lipinski definition) is 3. The third kappa shape index (κ3) is 6.75. The van der Waals surface area contributed by atoms with E-state index in [0.717, 1.165) is 47.8 Å². The lowest BCUT2D eigenvalue weighted by Crippen LogP contribution is -2.58. The van der Waals surface area contributed by atoms with Crippen LogP contribution in [0.5, 0.6) is 11.5 Å². The Morgan fingerprint density at radius 1 is 1.16 bits per heavy atom. The Labute approximate surface area is 288 Å². The number of nitrogens with zero attached hydrogens (tertiary/aromatic N) is 2. The first-order valence-corrected chi connectivity index (χ1v) is 18.9. The van der Waals surface area contributed by atoms with Crippen LogP contribution in [0.4, 0.5) is 0 Å². The van der Waals surface area contributed by atoms with Crippen LogP contribution in [-0.2, 0) is 24.4 Å². The predicted molar refractivity (Wildman–Crippen MR) is 186 cm³/mol. The van der Waals surface area contributed by atoms with Crippen LogP contribution in [-0.4, -0.2) is 78.2 Å². The highest BCUT2D eigenvalue weighted by Gasteiger charge is 2.63. The minimum Gasteiger partial charge on any atom is -0.496 e. The Hall–Kier alpha value is -3.71. The van der Waals surface area contributed by atoms with Gasteiger partial charge in [-0.3, -0.25) is 24.1 Å². The van der Waals surface area contributed by atoms with Gasteiger partial charge in [0, 0.05) is 35.0 Å². The first kappa shape index (κ1) is 35.1. The maximum absolute atomic E-state index is 14.2. The molecule has 6 rings (SSSR count). The molecule has 0 bridgehead atoms. The van der Waals surface area contributed by atoms with Crippen LogP contribution in [0.15, 0.2) is 30.4 Å². The summed E-state index contributed by atoms with van der Waals surface area (Å²) in [7, 11) is -2.32. The number of methoxy groups -OCH3 is 1. The molecule has 4 N–H and O–H groups in total. The summed E-state index contributed by atoms with van der Waals surface area (Å²) in [6.07, 6.45) is 8.47. The van der Waals surface area contributed by atoms with Crippen LogP contribution in [0.2, 0.25) is 0 Å². The van der Waals surface area contributed by atoms with Crippen LogP contribution in [0, 0.1) is 12.8 Å². The summed E-state index contributed by atoms with van der Waals surface area (Å²) in [4.78, 5) is 48.1. The molecule has 5 atom stereocenters. The van der Waals surface area contributed by atoms with Crippen molar-refractivity contribution >= 4 is 38.6 Å². The zero-order valence-electron chi connectivity index (χ0n) is 29.1. The van der Waals surface area contributed by atoms with Crippen molar-refractivity contribution in [2.75, 3.05) is 13.7 Å². The number of pyridine rings is 1. The number of allylic oxidation sites excluding steroid dienone is 1. The average molecular weight is 696 g/mol. The second kappa shape index (κ2) is 13.2. The van der Waals surface area contributed by atoms with E-state index in [1.165, 1.54) is 4.90 Å². The summed E-state index contributed by atoms with van der Waals surface area (Å²) in [5, 5.41) is 3.70. The molecule has 1 aromatic heterocycles. The molecular weight excluding hydrogens is 646 g/mol. The van der Waals surface area contributed by atoms with E-state index in [0.29, 0.717) is 30.8 Å². The number of nitrogens with two attached hydrogens (primary N) is 1. The van der Waals surface area contributed by atoms with E-state index in [1.54, 1.807) is 14.0 Å². The second-order valence-electron chi connectivity index (χ2n) is 14.8. The number of benzene rings is 1. The van der Waals surface area contributed by atoms with Gasteiger partial charge in [0.15, 0.2) is 0 Å². The molecule has 12 nitrogen and oxygen atoms in total. The second-order valence-corrected chi connectivity index (χ2v) is 17.0. The topological polar surface area (TPSA) is 170 Å². The third-order valence-corrected chi connectivity index (χ3v) is 12.9. The normalized spacial score (nSPS) is 29.2. The van der Waals surface area contributed by atoms with Crippen molar-refractivity contribution in [1.82, 2.24) is 19.9 Å². The minimum atomic E-state index is -3.93. The van der Waals surface area contributed by atoms with E-state index < -0.39 is 50.3 Å². The molecule has 49 heavy (non-hydrogen) atoms. The highest BCUT2D eigenvalue weighted by molar-refractivity contribution is 7.91. The van der Waals surface area contributed by atoms with E-state index in [4.69, 9.17) is 20.2 Å². The molecule has 0 radical (unpaired) electrons. The van der Waals surface area contributed by atoms with Crippen molar-refractivity contribution in [3.63, 3.8) is 0 Å². The first-order chi connectivity index (χ1) is 23.2. The largest absolute Gasteiger partial charge is 0.496 e. The van der Waals surface area contributed by atoms with Crippen molar-refractivity contribution in [1.29, 1.82) is 0 Å². The van der Waals surface area contributed by atoms with Gasteiger partial charge < -0.3 is 25.4 Å². The van der Waals surface area contributed by atoms with Gasteiger partial charge in [-0.05, 0) is 70.4 Å². The molecule has 13 heteroatoms. The zero-order chi connectivity index (χ0) is 35.3. The maximum atomic E-state index is 14.2. The molecule has 2 aliphatic heterocycles. The number of carbonyl (C=O) groups is 3. The molecule has 266 valence electrons. The smallest absolute Gasteiger partial charge is 0.259 e. The lowest BCUT2D eigenvalue weighted by Gasteiger charge is -2.28. The molecule has 2 aliphatic carbocycles. The molecule has 0 unspecified atom stereocenters. The van der Waals surface area contributed by atoms with Crippen molar-refractivity contribution in [2.24, 2.45) is 11.7 Å². The lowest BCUT2D eigenvalue weighted by molar-refractivity contribution is -0.140. The van der Waals surface area contributed by atoms with Crippen LogP contribution < -0.4 is 25.2 Å². The molecular formula is C36H49N5O7S. The van der Waals surface area contributed by atoms with Gasteiger partial charge in [-0.25, -0.2) is 8.42 Å². The van der Waals surface area contributed by atoms with Crippen LogP contribution in [0.25, 0.3) is 10.9 Å². The number of nitrogens with one attached hydrogen (secondary N) is 2. The van der Waals surface area contributed by atoms with Crippen LogP contribution in [0.3, 0.4) is 0 Å². The number of rotatable bonds is 7. The number of hydrogen-bond acceptors (Lipinski definition) is 9. The molecule has 2 aromatic rings. The van der Waals surface area contributed by atoms with E-state index in [9.17, 15) is 22.8 Å². The van der Waals surface area contributed by atoms with Crippen molar-refractivity contribution in [2.45, 2.75) is 120 Å². The summed E-state index contributed by atoms with van der Waals surface area (Å²) in [6.45, 7) is 7.77. The van der Waals surface area contributed by atoms with Crippen LogP contribution in [0.1, 0.15) is 95.7 Å². The van der Waals surface area contributed by atoms with Crippen LogP contribution >= 0.6 is 0 Å². The van der Waals surface area contributed by atoms with E-state index in [1.807, 2.05) is 51.1 Å². The highest BCUT2D eigenvalue weighted by atomic mass is 32.2. The van der Waals surface area contributed by atoms with Gasteiger partial charge >= 0.3 is 0 Å². The fourth-order valence-electron chi connectivity index (χ4n) is 7.03. The number of aryl methyl sites for hydroxylation is 1. The van der Waals surface area contributed by atoms with Gasteiger partial charge in [0.25, 0.3) is 5.91 Å². The zero-order valence-corrected chi connectivity index (χ0v) is 29.9. The third-order valence-electron chi connectivity index (χ3n) is 10.8. The first-order valence-electron chi connectivity index (χ1n) is 17.5. The molecule has 1 aromatic carbocycles. The Kier molecular flexibility index (Phi) is 9.46. The monoisotopic (exact) mass is 695 g/mol. The minimum absolute atomic E-state index is 0.108. The number of amides is 3. The lowest BCUT2D eigenvalue weighted by atomic mass is 10.0. The molecule has 1 saturated heterocycles. The SMILES string of the molecule is COc1ccc2c(O[C@@H]3C[C@H]4C(=O)N[C@]5(C(=O)NS(=O)(=O)C6(C)CC6)C[C@H]5/C=C\CCCCC[C@H](N)C(=O)N4C3)cc(C(C)C)nc2c1C. The van der Waals surface area contributed by atoms with Gasteiger partial charge in [0.1, 0.15) is 29.2 Å². The number of aromatic nitrogens is 1. The molecule has 3 amide bonds. The molecule has 2 saturated carbocycles. The Bertz CT molecular complexity index is 1790. The number of fused-ring (bicyclic) bond motifs is 3. The molecule has 4 aliphatic rings. The van der Waals surface area contributed by atoms with Gasteiger partial charge in [-0.1, -0.05) is 38.8 Å². The van der Waals surface area contributed by atoms with Gasteiger partial charge in [0.2, 0.25) is 21.8 Å². The standard InChI is InChI=1S/C36H49N5O7S/c1-21(2)27-18-30(25-13-14-29(47-5)22(3)31(25)38-27)48-24-17-28-32(42)39-36(34(44)40-49(45,46)35(4)15-16-35)19-23(36)11-9-7-6-8-10-12-26(37)33(43)41(28)20-24/h9,11,13-14,18,21,23-24,26,28H,6-8,10,12,15-17,19-20,37H2,1-5H3,(H,39,42)(H,40,44)/b11-9-/t23-,24-,26+,28+,36-/m1/s1.